The second-order valence-corrected chi connectivity index (χ2v) is 8.34. The van der Waals surface area contributed by atoms with Gasteiger partial charge in [0.2, 0.25) is 11.7 Å². The fourth-order valence-corrected chi connectivity index (χ4v) is 3.58. The number of nitrogens with zero attached hydrogens (tertiary/aromatic N) is 4. The number of hydrogen-bond donors (Lipinski definition) is 3. The van der Waals surface area contributed by atoms with Crippen molar-refractivity contribution in [1.29, 1.82) is 5.26 Å². The van der Waals surface area contributed by atoms with Crippen molar-refractivity contribution in [3.8, 4) is 6.07 Å². The lowest BCUT2D eigenvalue weighted by Gasteiger charge is -2.09. The summed E-state index contributed by atoms with van der Waals surface area (Å²) >= 11 is 0. The van der Waals surface area contributed by atoms with Crippen LogP contribution < -0.4 is 15.5 Å². The highest BCUT2D eigenvalue weighted by Crippen LogP contribution is 2.17. The third-order valence-corrected chi connectivity index (χ3v) is 5.55. The second-order valence-electron chi connectivity index (χ2n) is 6.66. The Balaban J connectivity index is 1.68. The Bertz CT molecular complexity index is 1300. The van der Waals surface area contributed by atoms with E-state index in [1.807, 2.05) is 26.0 Å². The molecule has 1 heterocycles. The van der Waals surface area contributed by atoms with E-state index in [-0.39, 0.29) is 16.6 Å². The van der Waals surface area contributed by atoms with Crippen molar-refractivity contribution in [3.63, 3.8) is 0 Å². The zero-order valence-electron chi connectivity index (χ0n) is 17.2. The van der Waals surface area contributed by atoms with Gasteiger partial charge in [-0.1, -0.05) is 17.7 Å². The number of benzene rings is 2. The van der Waals surface area contributed by atoms with Crippen molar-refractivity contribution in [1.82, 2.24) is 9.97 Å². The summed E-state index contributed by atoms with van der Waals surface area (Å²) in [5, 5.41) is 15.7. The average molecular weight is 449 g/mol. The fourth-order valence-electron chi connectivity index (χ4n) is 2.62. The van der Waals surface area contributed by atoms with Gasteiger partial charge in [-0.05, 0) is 55.8 Å². The molecule has 3 rings (SSSR count). The Kier molecular flexibility index (Phi) is 6.77. The van der Waals surface area contributed by atoms with Gasteiger partial charge in [0.25, 0.3) is 15.9 Å². The Morgan fingerprint density at radius 1 is 1.06 bits per heavy atom. The first-order valence-electron chi connectivity index (χ1n) is 9.31. The second kappa shape index (κ2) is 9.67. The van der Waals surface area contributed by atoms with Gasteiger partial charge in [-0.25, -0.2) is 23.1 Å². The lowest BCUT2D eigenvalue weighted by molar-refractivity contribution is -0.110. The van der Waals surface area contributed by atoms with Gasteiger partial charge < -0.3 is 5.32 Å². The first kappa shape index (κ1) is 22.4. The number of hydrazone groups is 1. The van der Waals surface area contributed by atoms with Crippen LogP contribution in [-0.4, -0.2) is 30.0 Å². The molecule has 0 saturated heterocycles. The van der Waals surface area contributed by atoms with Crippen molar-refractivity contribution in [3.05, 3.63) is 72.1 Å². The van der Waals surface area contributed by atoms with Crippen molar-refractivity contribution < 1.29 is 13.2 Å². The molecule has 0 bridgehead atoms. The molecule has 32 heavy (non-hydrogen) atoms. The van der Waals surface area contributed by atoms with Gasteiger partial charge in [0.05, 0.1) is 10.6 Å². The van der Waals surface area contributed by atoms with E-state index < -0.39 is 15.9 Å². The molecule has 0 atom stereocenters. The van der Waals surface area contributed by atoms with Crippen LogP contribution in [0.3, 0.4) is 0 Å². The van der Waals surface area contributed by atoms with Gasteiger partial charge in [-0.15, -0.1) is 0 Å². The smallest absolute Gasteiger partial charge is 0.287 e. The van der Waals surface area contributed by atoms with Gasteiger partial charge in [0.15, 0.2) is 0 Å². The molecule has 0 aliphatic rings. The Morgan fingerprint density at radius 2 is 1.75 bits per heavy atom. The summed E-state index contributed by atoms with van der Waals surface area (Å²) in [5.41, 5.74) is 5.06. The Labute approximate surface area is 185 Å². The lowest BCUT2D eigenvalue weighted by atomic mass is 10.1. The number of sulfonamides is 1. The molecular formula is C21H19N7O3S. The van der Waals surface area contributed by atoms with Crippen LogP contribution in [0.5, 0.6) is 0 Å². The standard InChI is InChI=1S/C21H19N7O3S/c1-14-4-9-18(15(2)12-14)25-20(29)19(13-22)27-26-16-5-7-17(8-6-16)32(30,31)28-21-23-10-3-11-24-21/h3-12,26H,1-2H3,(H,25,29)(H,23,24,28)/b27-19+. The molecule has 11 heteroatoms. The molecule has 3 N–H and O–H groups in total. The highest BCUT2D eigenvalue weighted by Gasteiger charge is 2.16. The first-order valence-corrected chi connectivity index (χ1v) is 10.8. The van der Waals surface area contributed by atoms with Crippen LogP contribution in [0.2, 0.25) is 0 Å². The van der Waals surface area contributed by atoms with E-state index >= 15 is 0 Å². The molecule has 0 radical (unpaired) electrons. The van der Waals surface area contributed by atoms with E-state index in [4.69, 9.17) is 0 Å². The molecule has 0 spiro atoms. The van der Waals surface area contributed by atoms with E-state index in [1.54, 1.807) is 18.2 Å². The molecule has 162 valence electrons. The molecule has 10 nitrogen and oxygen atoms in total. The van der Waals surface area contributed by atoms with Gasteiger partial charge in [-0.2, -0.15) is 10.4 Å². The molecule has 0 unspecified atom stereocenters. The third-order valence-electron chi connectivity index (χ3n) is 4.20. The number of carbonyl (C=O) groups is 1. The van der Waals surface area contributed by atoms with Crippen LogP contribution in [0.4, 0.5) is 17.3 Å². The van der Waals surface area contributed by atoms with Gasteiger partial charge in [0, 0.05) is 18.1 Å². The number of rotatable bonds is 7. The maximum atomic E-state index is 12.4. The minimum Gasteiger partial charge on any atom is -0.320 e. The molecule has 0 saturated carbocycles. The van der Waals surface area contributed by atoms with Crippen molar-refractivity contribution in [2.24, 2.45) is 5.10 Å². The fraction of sp³-hybridized carbons (Fsp3) is 0.0952. The lowest BCUT2D eigenvalue weighted by Crippen LogP contribution is -2.23. The molecule has 0 fully saturated rings. The van der Waals surface area contributed by atoms with Crippen molar-refractivity contribution >= 4 is 39.0 Å². The van der Waals surface area contributed by atoms with E-state index in [1.165, 1.54) is 36.7 Å². The Hall–Kier alpha value is -4.30. The monoisotopic (exact) mass is 449 g/mol. The summed E-state index contributed by atoms with van der Waals surface area (Å²) in [7, 11) is -3.88. The largest absolute Gasteiger partial charge is 0.320 e. The minimum absolute atomic E-state index is 0.0208. The van der Waals surface area contributed by atoms with E-state index in [9.17, 15) is 18.5 Å². The van der Waals surface area contributed by atoms with Crippen LogP contribution in [-0.2, 0) is 14.8 Å². The van der Waals surface area contributed by atoms with Crippen LogP contribution >= 0.6 is 0 Å². The maximum absolute atomic E-state index is 12.4. The molecule has 3 aromatic rings. The number of amides is 1. The van der Waals surface area contributed by atoms with Gasteiger partial charge in [0.1, 0.15) is 6.07 Å². The molecule has 1 aromatic heterocycles. The summed E-state index contributed by atoms with van der Waals surface area (Å²) in [6.45, 7) is 3.78. The predicted molar refractivity (Wildman–Crippen MR) is 120 cm³/mol. The summed E-state index contributed by atoms with van der Waals surface area (Å²) < 4.78 is 27.1. The van der Waals surface area contributed by atoms with Crippen molar-refractivity contribution in [2.75, 3.05) is 15.5 Å². The molecule has 0 aliphatic heterocycles. The van der Waals surface area contributed by atoms with Gasteiger partial charge >= 0.3 is 0 Å². The van der Waals surface area contributed by atoms with Crippen molar-refractivity contribution in [2.45, 2.75) is 18.7 Å². The SMILES string of the molecule is Cc1ccc(NC(=O)/C(C#N)=N/Nc2ccc(S(=O)(=O)Nc3ncccn3)cc2)c(C)c1. The number of carbonyl (C=O) groups excluding carboxylic acids is 1. The summed E-state index contributed by atoms with van der Waals surface area (Å²) in [5.74, 6) is -0.717. The average Bonchev–Trinajstić information content (AvgIpc) is 2.77. The molecule has 2 aromatic carbocycles. The number of anilines is 3. The maximum Gasteiger partial charge on any atom is 0.287 e. The van der Waals surface area contributed by atoms with Crippen LogP contribution in [0, 0.1) is 25.2 Å². The molecular weight excluding hydrogens is 430 g/mol. The van der Waals surface area contributed by atoms with Crippen LogP contribution in [0.1, 0.15) is 11.1 Å². The number of aryl methyl sites for hydroxylation is 2. The summed E-state index contributed by atoms with van der Waals surface area (Å²) in [6.07, 6.45) is 2.83. The summed E-state index contributed by atoms with van der Waals surface area (Å²) in [6, 6.07) is 14.4. The first-order chi connectivity index (χ1) is 15.3. The molecule has 1 amide bonds. The van der Waals surface area contributed by atoms with E-state index in [0.29, 0.717) is 11.4 Å². The Morgan fingerprint density at radius 3 is 2.38 bits per heavy atom. The third kappa shape index (κ3) is 5.65. The topological polar surface area (TPSA) is 149 Å². The minimum atomic E-state index is -3.88. The number of nitrogens with one attached hydrogen (secondary N) is 3. The highest BCUT2D eigenvalue weighted by atomic mass is 32.2. The number of aromatic nitrogens is 2. The van der Waals surface area contributed by atoms with Crippen LogP contribution in [0.25, 0.3) is 0 Å². The predicted octanol–water partition coefficient (Wildman–Crippen LogP) is 2.82. The van der Waals surface area contributed by atoms with E-state index in [0.717, 1.165) is 11.1 Å². The summed E-state index contributed by atoms with van der Waals surface area (Å²) in [4.78, 5) is 20.0. The van der Waals surface area contributed by atoms with Crippen LogP contribution in [0.15, 0.2) is 70.9 Å². The highest BCUT2D eigenvalue weighted by molar-refractivity contribution is 7.92. The zero-order chi connectivity index (χ0) is 23.1. The van der Waals surface area contributed by atoms with E-state index in [2.05, 4.69) is 30.5 Å². The zero-order valence-corrected chi connectivity index (χ0v) is 18.0. The number of hydrogen-bond acceptors (Lipinski definition) is 8. The quantitative estimate of drug-likeness (QED) is 0.371. The normalized spacial score (nSPS) is 11.3. The van der Waals surface area contributed by atoms with Gasteiger partial charge in [-0.3, -0.25) is 10.2 Å². The number of nitriles is 1. The molecule has 0 aliphatic carbocycles.